The minimum absolute atomic E-state index is 0.00705. The Balaban J connectivity index is 2.80. The number of hydrogen-bond donors (Lipinski definition) is 1. The molecule has 1 N–H and O–H groups in total. The summed E-state index contributed by atoms with van der Waals surface area (Å²) in [6.45, 7) is 12.6. The summed E-state index contributed by atoms with van der Waals surface area (Å²) >= 11 is 7.89. The fourth-order valence-corrected chi connectivity index (χ4v) is 3.76. The number of hydrogen-bond acceptors (Lipinski definition) is 4. The molecule has 2 atom stereocenters. The second-order valence-corrected chi connectivity index (χ2v) is 7.78. The summed E-state index contributed by atoms with van der Waals surface area (Å²) in [5, 5.41) is 0.405. The normalized spacial score (nSPS) is 24.5. The topological polar surface area (TPSA) is 30.5 Å². The van der Waals surface area contributed by atoms with E-state index in [0.717, 1.165) is 18.6 Å². The van der Waals surface area contributed by atoms with E-state index in [1.807, 2.05) is 11.8 Å². The highest BCUT2D eigenvalue weighted by Crippen LogP contribution is 2.39. The van der Waals surface area contributed by atoms with Crippen LogP contribution in [-0.2, 0) is 9.31 Å². The molecule has 0 saturated carbocycles. The van der Waals surface area contributed by atoms with E-state index in [9.17, 15) is 0 Å². The van der Waals surface area contributed by atoms with Crippen molar-refractivity contribution in [3.8, 4) is 0 Å². The van der Waals surface area contributed by atoms with Crippen LogP contribution in [-0.4, -0.2) is 35.3 Å². The van der Waals surface area contributed by atoms with Gasteiger partial charge < -0.3 is 9.31 Å². The van der Waals surface area contributed by atoms with Crippen LogP contribution < -0.4 is 4.84 Å². The van der Waals surface area contributed by atoms with Crippen molar-refractivity contribution >= 4 is 30.7 Å². The van der Waals surface area contributed by atoms with Crippen LogP contribution in [0.3, 0.4) is 0 Å². The SMILES string of the molecule is CCCC(SCC)C(NCl)B1OC(C)(C)C(C)(C)O1. The van der Waals surface area contributed by atoms with Crippen molar-refractivity contribution in [1.82, 2.24) is 4.84 Å². The summed E-state index contributed by atoms with van der Waals surface area (Å²) in [6, 6.07) is 0. The van der Waals surface area contributed by atoms with Crippen molar-refractivity contribution in [1.29, 1.82) is 0 Å². The Hall–Kier alpha value is 0.585. The molecule has 0 amide bonds. The molecule has 3 nitrogen and oxygen atoms in total. The Labute approximate surface area is 127 Å². The third-order valence-electron chi connectivity index (χ3n) is 4.05. The van der Waals surface area contributed by atoms with Gasteiger partial charge in [0.1, 0.15) is 0 Å². The first-order valence-electron chi connectivity index (χ1n) is 7.12. The molecule has 0 radical (unpaired) electrons. The van der Waals surface area contributed by atoms with Gasteiger partial charge in [-0.1, -0.05) is 20.3 Å². The number of thioether (sulfide) groups is 1. The lowest BCUT2D eigenvalue weighted by Crippen LogP contribution is -2.48. The molecule has 1 aliphatic rings. The average molecular weight is 308 g/mol. The summed E-state index contributed by atoms with van der Waals surface area (Å²) in [5.74, 6) is 1.08. The van der Waals surface area contributed by atoms with E-state index in [0.29, 0.717) is 5.25 Å². The predicted octanol–water partition coefficient (Wildman–Crippen LogP) is 3.65. The highest BCUT2D eigenvalue weighted by atomic mass is 35.5. The monoisotopic (exact) mass is 307 g/mol. The molecule has 0 spiro atoms. The van der Waals surface area contributed by atoms with Gasteiger partial charge in [-0.15, -0.1) is 0 Å². The maximum absolute atomic E-state index is 6.11. The van der Waals surface area contributed by atoms with Crippen LogP contribution in [0.5, 0.6) is 0 Å². The van der Waals surface area contributed by atoms with Crippen molar-refractivity contribution in [2.75, 3.05) is 5.75 Å². The van der Waals surface area contributed by atoms with E-state index in [2.05, 4.69) is 46.4 Å². The van der Waals surface area contributed by atoms with E-state index >= 15 is 0 Å². The smallest absolute Gasteiger partial charge is 0.402 e. The van der Waals surface area contributed by atoms with Gasteiger partial charge in [0.25, 0.3) is 0 Å². The van der Waals surface area contributed by atoms with Crippen LogP contribution in [0.2, 0.25) is 0 Å². The summed E-state index contributed by atoms with van der Waals surface area (Å²) in [7, 11) is -0.293. The molecule has 2 unspecified atom stereocenters. The van der Waals surface area contributed by atoms with Crippen molar-refractivity contribution < 1.29 is 9.31 Å². The van der Waals surface area contributed by atoms with Crippen LogP contribution in [0.15, 0.2) is 0 Å². The Morgan fingerprint density at radius 1 is 1.16 bits per heavy atom. The standard InChI is InChI=1S/C13H27BClNO2S/c1-7-9-10(19-8-2)11(16-15)14-17-12(3,4)13(5,6)18-14/h10-11,16H,7-9H2,1-6H3. The summed E-state index contributed by atoms with van der Waals surface area (Å²) in [6.07, 6.45) is 2.24. The second-order valence-electron chi connectivity index (χ2n) is 6.04. The Morgan fingerprint density at radius 3 is 2.05 bits per heavy atom. The number of rotatable bonds is 7. The molecule has 1 rings (SSSR count). The molecule has 19 heavy (non-hydrogen) atoms. The second kappa shape index (κ2) is 7.03. The van der Waals surface area contributed by atoms with Gasteiger partial charge >= 0.3 is 7.12 Å². The molecular weight excluding hydrogens is 280 g/mol. The van der Waals surface area contributed by atoms with E-state index in [4.69, 9.17) is 21.1 Å². The zero-order valence-electron chi connectivity index (χ0n) is 13.0. The van der Waals surface area contributed by atoms with Gasteiger partial charge in [-0.05, 0) is 51.6 Å². The maximum atomic E-state index is 6.11. The summed E-state index contributed by atoms with van der Waals surface area (Å²) in [4.78, 5) is 2.89. The van der Waals surface area contributed by atoms with Gasteiger partial charge in [0.15, 0.2) is 0 Å². The van der Waals surface area contributed by atoms with Crippen LogP contribution >= 0.6 is 23.5 Å². The lowest BCUT2D eigenvalue weighted by Gasteiger charge is -2.32. The Morgan fingerprint density at radius 2 is 1.68 bits per heavy atom. The fraction of sp³-hybridized carbons (Fsp3) is 1.00. The van der Waals surface area contributed by atoms with Gasteiger partial charge in [-0.3, -0.25) is 0 Å². The van der Waals surface area contributed by atoms with Gasteiger partial charge in [-0.2, -0.15) is 11.8 Å². The van der Waals surface area contributed by atoms with E-state index in [1.54, 1.807) is 0 Å². The molecule has 0 aliphatic carbocycles. The average Bonchev–Trinajstić information content (AvgIpc) is 2.49. The lowest BCUT2D eigenvalue weighted by atomic mass is 9.76. The molecule has 1 heterocycles. The maximum Gasteiger partial charge on any atom is 0.478 e. The largest absolute Gasteiger partial charge is 0.478 e. The summed E-state index contributed by atoms with van der Waals surface area (Å²) < 4.78 is 12.2. The molecule has 1 aliphatic heterocycles. The van der Waals surface area contributed by atoms with Crippen molar-refractivity contribution in [2.24, 2.45) is 0 Å². The molecule has 0 aromatic heterocycles. The molecule has 1 fully saturated rings. The zero-order chi connectivity index (χ0) is 14.7. The first-order chi connectivity index (χ1) is 8.79. The van der Waals surface area contributed by atoms with Gasteiger partial charge in [0, 0.05) is 5.25 Å². The quantitative estimate of drug-likeness (QED) is 0.574. The van der Waals surface area contributed by atoms with E-state index in [-0.39, 0.29) is 24.3 Å². The third-order valence-corrected chi connectivity index (χ3v) is 5.59. The van der Waals surface area contributed by atoms with E-state index in [1.165, 1.54) is 0 Å². The van der Waals surface area contributed by atoms with Crippen LogP contribution in [0.25, 0.3) is 0 Å². The minimum atomic E-state index is -0.308. The fourth-order valence-electron chi connectivity index (χ4n) is 2.20. The Kier molecular flexibility index (Phi) is 6.53. The molecule has 0 bridgehead atoms. The first kappa shape index (κ1) is 17.6. The molecular formula is C13H27BClNO2S. The van der Waals surface area contributed by atoms with Crippen molar-refractivity contribution in [2.45, 2.75) is 76.8 Å². The number of halogens is 1. The van der Waals surface area contributed by atoms with Crippen LogP contribution in [0, 0.1) is 0 Å². The molecule has 6 heteroatoms. The highest BCUT2D eigenvalue weighted by molar-refractivity contribution is 8.00. The lowest BCUT2D eigenvalue weighted by molar-refractivity contribution is 0.00578. The zero-order valence-corrected chi connectivity index (χ0v) is 14.5. The number of nitrogens with one attached hydrogen (secondary N) is 1. The molecule has 0 aromatic carbocycles. The summed E-state index contributed by atoms with van der Waals surface area (Å²) in [5.41, 5.74) is -0.616. The van der Waals surface area contributed by atoms with Crippen LogP contribution in [0.1, 0.15) is 54.4 Å². The van der Waals surface area contributed by atoms with Crippen molar-refractivity contribution in [3.05, 3.63) is 0 Å². The third kappa shape index (κ3) is 4.04. The van der Waals surface area contributed by atoms with Gasteiger partial charge in [0.05, 0.1) is 17.1 Å². The highest BCUT2D eigenvalue weighted by Gasteiger charge is 2.55. The van der Waals surface area contributed by atoms with Crippen LogP contribution in [0.4, 0.5) is 0 Å². The van der Waals surface area contributed by atoms with E-state index < -0.39 is 0 Å². The van der Waals surface area contributed by atoms with Crippen molar-refractivity contribution in [3.63, 3.8) is 0 Å². The molecule has 0 aromatic rings. The Bertz CT molecular complexity index is 270. The minimum Gasteiger partial charge on any atom is -0.402 e. The van der Waals surface area contributed by atoms with Gasteiger partial charge in [0.2, 0.25) is 0 Å². The van der Waals surface area contributed by atoms with Gasteiger partial charge in [-0.25, -0.2) is 4.84 Å². The molecule has 112 valence electrons. The first-order valence-corrected chi connectivity index (χ1v) is 8.55. The molecule has 1 saturated heterocycles. The predicted molar refractivity (Wildman–Crippen MR) is 85.7 cm³/mol.